The largest absolute Gasteiger partial charge is 0.494 e. The maximum absolute atomic E-state index is 12.0. The van der Waals surface area contributed by atoms with Gasteiger partial charge in [-0.25, -0.2) is 4.79 Å². The molecule has 4 nitrogen and oxygen atoms in total. The molecular formula is C19H17NO3. The van der Waals surface area contributed by atoms with E-state index in [1.165, 1.54) is 6.08 Å². The van der Waals surface area contributed by atoms with Crippen LogP contribution in [0.1, 0.15) is 18.1 Å². The number of ether oxygens (including phenoxy) is 2. The van der Waals surface area contributed by atoms with Gasteiger partial charge in [0.05, 0.1) is 6.61 Å². The van der Waals surface area contributed by atoms with Crippen molar-refractivity contribution >= 4 is 12.0 Å². The molecule has 0 unspecified atom stereocenters. The molecule has 116 valence electrons. The monoisotopic (exact) mass is 307 g/mol. The van der Waals surface area contributed by atoms with E-state index in [1.54, 1.807) is 24.3 Å². The van der Waals surface area contributed by atoms with Crippen molar-refractivity contribution in [2.24, 2.45) is 0 Å². The van der Waals surface area contributed by atoms with Crippen LogP contribution in [0.4, 0.5) is 0 Å². The van der Waals surface area contributed by atoms with Crippen LogP contribution in [-0.4, -0.2) is 12.6 Å². The lowest BCUT2D eigenvalue weighted by Gasteiger charge is -2.05. The van der Waals surface area contributed by atoms with Crippen molar-refractivity contribution < 1.29 is 14.3 Å². The lowest BCUT2D eigenvalue weighted by molar-refractivity contribution is -0.139. The highest BCUT2D eigenvalue weighted by atomic mass is 16.5. The molecule has 0 amide bonds. The molecule has 0 aromatic heterocycles. The molecule has 0 fully saturated rings. The molecule has 0 bridgehead atoms. The van der Waals surface area contributed by atoms with Gasteiger partial charge < -0.3 is 9.47 Å². The van der Waals surface area contributed by atoms with Gasteiger partial charge in [0.2, 0.25) is 0 Å². The third-order valence-corrected chi connectivity index (χ3v) is 3.06. The summed E-state index contributed by atoms with van der Waals surface area (Å²) >= 11 is 0. The maximum Gasteiger partial charge on any atom is 0.349 e. The number of benzene rings is 2. The highest BCUT2D eigenvalue weighted by Gasteiger charge is 2.11. The summed E-state index contributed by atoms with van der Waals surface area (Å²) in [5, 5.41) is 9.15. The predicted molar refractivity (Wildman–Crippen MR) is 87.4 cm³/mol. The molecule has 0 radical (unpaired) electrons. The highest BCUT2D eigenvalue weighted by Crippen LogP contribution is 2.15. The number of hydrogen-bond acceptors (Lipinski definition) is 4. The van der Waals surface area contributed by atoms with Crippen molar-refractivity contribution in [2.45, 2.75) is 13.5 Å². The van der Waals surface area contributed by atoms with Crippen LogP contribution in [0, 0.1) is 11.3 Å². The molecule has 4 heteroatoms. The van der Waals surface area contributed by atoms with Gasteiger partial charge in [0.15, 0.2) is 0 Å². The van der Waals surface area contributed by atoms with Gasteiger partial charge in [-0.15, -0.1) is 0 Å². The van der Waals surface area contributed by atoms with Crippen molar-refractivity contribution in [3.63, 3.8) is 0 Å². The lowest BCUT2D eigenvalue weighted by Crippen LogP contribution is -2.06. The Morgan fingerprint density at radius 3 is 2.43 bits per heavy atom. The summed E-state index contributed by atoms with van der Waals surface area (Å²) < 4.78 is 10.5. The van der Waals surface area contributed by atoms with Crippen molar-refractivity contribution in [1.29, 1.82) is 5.26 Å². The van der Waals surface area contributed by atoms with E-state index in [9.17, 15) is 4.79 Å². The van der Waals surface area contributed by atoms with Crippen LogP contribution in [0.15, 0.2) is 60.2 Å². The van der Waals surface area contributed by atoms with E-state index in [1.807, 2.05) is 43.3 Å². The van der Waals surface area contributed by atoms with Crippen molar-refractivity contribution in [3.8, 4) is 11.8 Å². The zero-order valence-corrected chi connectivity index (χ0v) is 12.9. The first kappa shape index (κ1) is 16.3. The summed E-state index contributed by atoms with van der Waals surface area (Å²) in [6.07, 6.45) is 1.50. The third-order valence-electron chi connectivity index (χ3n) is 3.06. The SMILES string of the molecule is CCOc1ccc(/C=C(\C#N)C(=O)OCc2ccccc2)cc1. The summed E-state index contributed by atoms with van der Waals surface area (Å²) in [5.74, 6) is 0.111. The van der Waals surface area contributed by atoms with Gasteiger partial charge in [-0.1, -0.05) is 42.5 Å². The van der Waals surface area contributed by atoms with Gasteiger partial charge in [0.25, 0.3) is 0 Å². The normalized spacial score (nSPS) is 10.7. The zero-order chi connectivity index (χ0) is 16.5. The molecule has 2 aromatic carbocycles. The Hall–Kier alpha value is -3.06. The van der Waals surface area contributed by atoms with Crippen LogP contribution in [-0.2, 0) is 16.1 Å². The molecule has 0 aliphatic rings. The van der Waals surface area contributed by atoms with E-state index >= 15 is 0 Å². The number of carbonyl (C=O) groups excluding carboxylic acids is 1. The average molecular weight is 307 g/mol. The van der Waals surface area contributed by atoms with E-state index in [4.69, 9.17) is 14.7 Å². The van der Waals surface area contributed by atoms with Crippen molar-refractivity contribution in [2.75, 3.05) is 6.61 Å². The molecule has 0 spiro atoms. The molecule has 0 heterocycles. The standard InChI is InChI=1S/C19H17NO3/c1-2-22-18-10-8-15(9-11-18)12-17(13-20)19(21)23-14-16-6-4-3-5-7-16/h3-12H,2,14H2,1H3/b17-12+. The molecule has 2 rings (SSSR count). The van der Waals surface area contributed by atoms with Gasteiger partial charge in [-0.05, 0) is 36.3 Å². The minimum atomic E-state index is -0.634. The Labute approximate surface area is 135 Å². The van der Waals surface area contributed by atoms with Gasteiger partial charge in [0.1, 0.15) is 24.0 Å². The summed E-state index contributed by atoms with van der Waals surface area (Å²) in [6, 6.07) is 18.4. The van der Waals surface area contributed by atoms with Crippen LogP contribution in [0.25, 0.3) is 6.08 Å². The molecular weight excluding hydrogens is 290 g/mol. The quantitative estimate of drug-likeness (QED) is 0.463. The molecule has 0 N–H and O–H groups in total. The molecule has 2 aromatic rings. The second kappa shape index (κ2) is 8.40. The minimum Gasteiger partial charge on any atom is -0.494 e. The third kappa shape index (κ3) is 5.01. The zero-order valence-electron chi connectivity index (χ0n) is 12.9. The second-order valence-corrected chi connectivity index (χ2v) is 4.73. The Kier molecular flexibility index (Phi) is 5.96. The molecule has 0 aliphatic carbocycles. The lowest BCUT2D eigenvalue weighted by atomic mass is 10.1. The first-order valence-electron chi connectivity index (χ1n) is 7.28. The Bertz CT molecular complexity index is 713. The number of carbonyl (C=O) groups is 1. The van der Waals surface area contributed by atoms with E-state index in [-0.39, 0.29) is 12.2 Å². The first-order valence-corrected chi connectivity index (χ1v) is 7.28. The van der Waals surface area contributed by atoms with Gasteiger partial charge in [-0.2, -0.15) is 5.26 Å². The fourth-order valence-corrected chi connectivity index (χ4v) is 1.93. The van der Waals surface area contributed by atoms with E-state index in [0.717, 1.165) is 16.9 Å². The van der Waals surface area contributed by atoms with E-state index < -0.39 is 5.97 Å². The number of esters is 1. The van der Waals surface area contributed by atoms with E-state index in [0.29, 0.717) is 6.61 Å². The van der Waals surface area contributed by atoms with Crippen molar-refractivity contribution in [3.05, 3.63) is 71.3 Å². The highest BCUT2D eigenvalue weighted by molar-refractivity contribution is 5.97. The van der Waals surface area contributed by atoms with Gasteiger partial charge in [-0.3, -0.25) is 0 Å². The summed E-state index contributed by atoms with van der Waals surface area (Å²) in [7, 11) is 0. The summed E-state index contributed by atoms with van der Waals surface area (Å²) in [6.45, 7) is 2.64. The smallest absolute Gasteiger partial charge is 0.349 e. The summed E-state index contributed by atoms with van der Waals surface area (Å²) in [4.78, 5) is 12.0. The fourth-order valence-electron chi connectivity index (χ4n) is 1.93. The van der Waals surface area contributed by atoms with E-state index in [2.05, 4.69) is 0 Å². The van der Waals surface area contributed by atoms with Crippen molar-refractivity contribution in [1.82, 2.24) is 0 Å². The predicted octanol–water partition coefficient (Wildman–Crippen LogP) is 3.74. The van der Waals surface area contributed by atoms with Gasteiger partial charge in [0, 0.05) is 0 Å². The molecule has 0 saturated heterocycles. The second-order valence-electron chi connectivity index (χ2n) is 4.73. The van der Waals surface area contributed by atoms with Gasteiger partial charge >= 0.3 is 5.97 Å². The Morgan fingerprint density at radius 1 is 1.13 bits per heavy atom. The molecule has 0 atom stereocenters. The van der Waals surface area contributed by atoms with Crippen LogP contribution in [0.2, 0.25) is 0 Å². The molecule has 0 aliphatic heterocycles. The average Bonchev–Trinajstić information content (AvgIpc) is 2.60. The van der Waals surface area contributed by atoms with Crippen LogP contribution < -0.4 is 4.74 Å². The molecule has 0 saturated carbocycles. The number of nitrogens with zero attached hydrogens (tertiary/aromatic N) is 1. The number of rotatable bonds is 6. The Morgan fingerprint density at radius 2 is 1.83 bits per heavy atom. The summed E-state index contributed by atoms with van der Waals surface area (Å²) in [5.41, 5.74) is 1.57. The van der Waals surface area contributed by atoms with Crippen LogP contribution in [0.3, 0.4) is 0 Å². The Balaban J connectivity index is 2.03. The molecule has 23 heavy (non-hydrogen) atoms. The number of nitriles is 1. The maximum atomic E-state index is 12.0. The minimum absolute atomic E-state index is 0.0370. The fraction of sp³-hybridized carbons (Fsp3) is 0.158. The first-order chi connectivity index (χ1) is 11.2. The number of hydrogen-bond donors (Lipinski definition) is 0. The van der Waals surface area contributed by atoms with Crippen LogP contribution in [0.5, 0.6) is 5.75 Å². The van der Waals surface area contributed by atoms with Crippen LogP contribution >= 0.6 is 0 Å². The topological polar surface area (TPSA) is 59.3 Å².